The molecule has 4 aliphatic rings. The first-order valence-corrected chi connectivity index (χ1v) is 7.67. The lowest BCUT2D eigenvalue weighted by molar-refractivity contribution is -0.00699. The van der Waals surface area contributed by atoms with E-state index in [4.69, 9.17) is 5.73 Å². The number of rotatable bonds is 1. The normalized spacial score (nSPS) is 40.9. The van der Waals surface area contributed by atoms with Crippen LogP contribution in [0.15, 0.2) is 0 Å². The summed E-state index contributed by atoms with van der Waals surface area (Å²) in [5.41, 5.74) is 7.08. The van der Waals surface area contributed by atoms with Crippen molar-refractivity contribution in [1.29, 1.82) is 5.26 Å². The van der Waals surface area contributed by atoms with Crippen molar-refractivity contribution >= 4 is 16.5 Å². The van der Waals surface area contributed by atoms with Gasteiger partial charge in [0.15, 0.2) is 5.13 Å². The second-order valence-corrected chi connectivity index (χ2v) is 7.57. The summed E-state index contributed by atoms with van der Waals surface area (Å²) in [6.07, 6.45) is 7.99. The minimum Gasteiger partial charge on any atom is -0.375 e. The molecule has 0 aromatic carbocycles. The van der Waals surface area contributed by atoms with E-state index in [2.05, 4.69) is 11.1 Å². The number of aromatic nitrogens is 1. The molecule has 0 saturated heterocycles. The summed E-state index contributed by atoms with van der Waals surface area (Å²) in [5.74, 6) is 2.64. The topological polar surface area (TPSA) is 62.7 Å². The zero-order valence-corrected chi connectivity index (χ0v) is 11.2. The van der Waals surface area contributed by atoms with Crippen molar-refractivity contribution < 1.29 is 0 Å². The number of anilines is 1. The molecular weight excluding hydrogens is 242 g/mol. The summed E-state index contributed by atoms with van der Waals surface area (Å²) in [6, 6.07) is 2.32. The quantitative estimate of drug-likeness (QED) is 0.843. The van der Waals surface area contributed by atoms with Crippen molar-refractivity contribution in [3.05, 3.63) is 10.6 Å². The zero-order valence-electron chi connectivity index (χ0n) is 10.4. The SMILES string of the molecule is N#Cc1sc(N)nc1C12CC3CC(CC(C3)C1)C2. The Kier molecular flexibility index (Phi) is 2.09. The molecule has 4 fully saturated rings. The summed E-state index contributed by atoms with van der Waals surface area (Å²) >= 11 is 1.37. The van der Waals surface area contributed by atoms with E-state index in [-0.39, 0.29) is 5.41 Å². The van der Waals surface area contributed by atoms with E-state index in [1.54, 1.807) is 0 Å². The van der Waals surface area contributed by atoms with Gasteiger partial charge in [-0.05, 0) is 56.3 Å². The highest BCUT2D eigenvalue weighted by atomic mass is 32.1. The molecule has 5 rings (SSSR count). The molecule has 4 heteroatoms. The van der Waals surface area contributed by atoms with Gasteiger partial charge >= 0.3 is 0 Å². The number of nitrogens with two attached hydrogens (primary N) is 1. The number of nitriles is 1. The van der Waals surface area contributed by atoms with E-state index in [0.29, 0.717) is 5.13 Å². The third-order valence-corrected chi connectivity index (χ3v) is 6.08. The average molecular weight is 259 g/mol. The van der Waals surface area contributed by atoms with Crippen LogP contribution in [0.4, 0.5) is 5.13 Å². The molecular formula is C14H17N3S. The van der Waals surface area contributed by atoms with Gasteiger partial charge in [0.1, 0.15) is 10.9 Å². The highest BCUT2D eigenvalue weighted by Gasteiger charge is 2.53. The molecule has 0 spiro atoms. The smallest absolute Gasteiger partial charge is 0.181 e. The fourth-order valence-corrected chi connectivity index (χ4v) is 5.92. The van der Waals surface area contributed by atoms with Gasteiger partial charge in [0.05, 0.1) is 5.69 Å². The molecule has 1 aromatic rings. The van der Waals surface area contributed by atoms with E-state index < -0.39 is 0 Å². The lowest BCUT2D eigenvalue weighted by Gasteiger charge is -2.56. The Morgan fingerprint density at radius 1 is 1.17 bits per heavy atom. The summed E-state index contributed by atoms with van der Waals surface area (Å²) in [4.78, 5) is 5.32. The van der Waals surface area contributed by atoms with Crippen LogP contribution in [0.5, 0.6) is 0 Å². The van der Waals surface area contributed by atoms with Crippen LogP contribution in [0.3, 0.4) is 0 Å². The molecule has 18 heavy (non-hydrogen) atoms. The summed E-state index contributed by atoms with van der Waals surface area (Å²) in [7, 11) is 0. The number of hydrogen-bond acceptors (Lipinski definition) is 4. The molecule has 4 saturated carbocycles. The monoisotopic (exact) mass is 259 g/mol. The maximum absolute atomic E-state index is 9.30. The second kappa shape index (κ2) is 3.48. The van der Waals surface area contributed by atoms with E-state index >= 15 is 0 Å². The lowest BCUT2D eigenvalue weighted by atomic mass is 9.48. The van der Waals surface area contributed by atoms with Crippen molar-refractivity contribution in [2.45, 2.75) is 43.9 Å². The van der Waals surface area contributed by atoms with Crippen LogP contribution in [0.1, 0.15) is 49.1 Å². The van der Waals surface area contributed by atoms with Crippen LogP contribution in [0.25, 0.3) is 0 Å². The summed E-state index contributed by atoms with van der Waals surface area (Å²) < 4.78 is 0. The molecule has 94 valence electrons. The van der Waals surface area contributed by atoms with Gasteiger partial charge in [-0.2, -0.15) is 5.26 Å². The molecule has 0 aliphatic heterocycles. The Bertz CT molecular complexity index is 504. The van der Waals surface area contributed by atoms with Gasteiger partial charge in [0.2, 0.25) is 0 Å². The van der Waals surface area contributed by atoms with Gasteiger partial charge in [-0.3, -0.25) is 0 Å². The van der Waals surface area contributed by atoms with Gasteiger partial charge in [-0.15, -0.1) is 0 Å². The maximum atomic E-state index is 9.30. The second-order valence-electron chi connectivity index (χ2n) is 6.54. The van der Waals surface area contributed by atoms with Gasteiger partial charge in [0.25, 0.3) is 0 Å². The zero-order chi connectivity index (χ0) is 12.3. The largest absolute Gasteiger partial charge is 0.375 e. The third-order valence-electron chi connectivity index (χ3n) is 5.29. The predicted octanol–water partition coefficient (Wildman–Crippen LogP) is 3.06. The van der Waals surface area contributed by atoms with E-state index in [9.17, 15) is 5.26 Å². The van der Waals surface area contributed by atoms with Gasteiger partial charge in [-0.1, -0.05) is 11.3 Å². The molecule has 4 aliphatic carbocycles. The number of nitrogen functional groups attached to an aromatic ring is 1. The predicted molar refractivity (Wildman–Crippen MR) is 71.1 cm³/mol. The summed E-state index contributed by atoms with van der Waals surface area (Å²) in [6.45, 7) is 0. The Morgan fingerprint density at radius 3 is 2.22 bits per heavy atom. The van der Waals surface area contributed by atoms with Crippen molar-refractivity contribution in [3.8, 4) is 6.07 Å². The van der Waals surface area contributed by atoms with Gasteiger partial charge in [-0.25, -0.2) is 4.98 Å². The lowest BCUT2D eigenvalue weighted by Crippen LogP contribution is -2.49. The molecule has 3 nitrogen and oxygen atoms in total. The van der Waals surface area contributed by atoms with Crippen molar-refractivity contribution in [3.63, 3.8) is 0 Å². The number of hydrogen-bond donors (Lipinski definition) is 1. The van der Waals surface area contributed by atoms with Gasteiger partial charge < -0.3 is 5.73 Å². The van der Waals surface area contributed by atoms with Crippen LogP contribution in [0.2, 0.25) is 0 Å². The first-order valence-electron chi connectivity index (χ1n) is 6.85. The van der Waals surface area contributed by atoms with E-state index in [1.165, 1.54) is 49.9 Å². The fourth-order valence-electron chi connectivity index (χ4n) is 5.17. The van der Waals surface area contributed by atoms with Crippen molar-refractivity contribution in [2.24, 2.45) is 17.8 Å². The summed E-state index contributed by atoms with van der Waals surface area (Å²) in [5, 5.41) is 9.87. The van der Waals surface area contributed by atoms with Crippen LogP contribution in [-0.4, -0.2) is 4.98 Å². The Labute approximate surface area is 111 Å². The first-order chi connectivity index (χ1) is 8.68. The molecule has 1 aromatic heterocycles. The average Bonchev–Trinajstić information content (AvgIpc) is 2.69. The van der Waals surface area contributed by atoms with Gasteiger partial charge in [0, 0.05) is 5.41 Å². The minimum absolute atomic E-state index is 0.202. The Morgan fingerprint density at radius 2 is 1.72 bits per heavy atom. The highest BCUT2D eigenvalue weighted by Crippen LogP contribution is 2.61. The highest BCUT2D eigenvalue weighted by molar-refractivity contribution is 7.16. The van der Waals surface area contributed by atoms with Crippen LogP contribution >= 0.6 is 11.3 Å². The van der Waals surface area contributed by atoms with Crippen molar-refractivity contribution in [1.82, 2.24) is 4.98 Å². The van der Waals surface area contributed by atoms with Crippen molar-refractivity contribution in [2.75, 3.05) is 5.73 Å². The van der Waals surface area contributed by atoms with Crippen LogP contribution in [0, 0.1) is 29.1 Å². The number of thiazole rings is 1. The molecule has 4 bridgehead atoms. The molecule has 0 unspecified atom stereocenters. The first kappa shape index (κ1) is 10.8. The molecule has 0 atom stereocenters. The third kappa shape index (κ3) is 1.37. The maximum Gasteiger partial charge on any atom is 0.181 e. The number of nitrogens with zero attached hydrogens (tertiary/aromatic N) is 2. The molecule has 1 heterocycles. The molecule has 0 amide bonds. The molecule has 0 radical (unpaired) electrons. The van der Waals surface area contributed by atoms with Crippen LogP contribution in [-0.2, 0) is 5.41 Å². The molecule has 2 N–H and O–H groups in total. The fraction of sp³-hybridized carbons (Fsp3) is 0.714. The Balaban J connectivity index is 1.81. The Hall–Kier alpha value is -1.08. The minimum atomic E-state index is 0.202. The van der Waals surface area contributed by atoms with E-state index in [1.807, 2.05) is 0 Å². The van der Waals surface area contributed by atoms with E-state index in [0.717, 1.165) is 28.3 Å². The van der Waals surface area contributed by atoms with Crippen LogP contribution < -0.4 is 5.73 Å². The standard InChI is InChI=1S/C14H17N3S/c15-7-11-12(17-13(16)18-11)14-4-8-1-9(5-14)3-10(2-8)6-14/h8-10H,1-6H2,(H2,16,17).